The third kappa shape index (κ3) is 4.65. The van der Waals surface area contributed by atoms with Crippen LogP contribution in [0.4, 0.5) is 4.39 Å². The highest BCUT2D eigenvalue weighted by Gasteiger charge is 2.35. The van der Waals surface area contributed by atoms with Gasteiger partial charge in [-0.25, -0.2) is 4.39 Å². The molecule has 2 nitrogen and oxygen atoms in total. The Bertz CT molecular complexity index is 503. The summed E-state index contributed by atoms with van der Waals surface area (Å²) in [7, 11) is 0. The van der Waals surface area contributed by atoms with E-state index in [0.29, 0.717) is 16.5 Å². The summed E-state index contributed by atoms with van der Waals surface area (Å²) in [6.07, 6.45) is 4.76. The predicted molar refractivity (Wildman–Crippen MR) is 100 cm³/mol. The molecule has 0 aromatic heterocycles. The maximum Gasteiger partial charge on any atom is 0.148 e. The van der Waals surface area contributed by atoms with Gasteiger partial charge >= 0.3 is 0 Å². The van der Waals surface area contributed by atoms with Gasteiger partial charge in [-0.2, -0.15) is 0 Å². The fourth-order valence-corrected chi connectivity index (χ4v) is 4.19. The molecule has 1 N–H and O–H groups in total. The first-order valence-corrected chi connectivity index (χ1v) is 8.52. The standard InChI is InChI=1S/C16H21Cl2FN2.2ClH/c17-12-5-6-13(18)15(19)14(12)16(11-3-1-2-4-11)21-9-7-20-8-10-21;;/h5-6,11,16,20H,1-4,7-10H2;2*1H/t16-;;/m1../s1. The normalized spacial score (nSPS) is 20.7. The van der Waals surface area contributed by atoms with Crippen LogP contribution in [0.25, 0.3) is 0 Å². The molecular formula is C16H23Cl4FN2. The summed E-state index contributed by atoms with van der Waals surface area (Å²) >= 11 is 12.4. The topological polar surface area (TPSA) is 15.3 Å². The molecule has 1 aromatic rings. The average Bonchev–Trinajstić information content (AvgIpc) is 3.02. The second-order valence-electron chi connectivity index (χ2n) is 6.03. The largest absolute Gasteiger partial charge is 0.314 e. The van der Waals surface area contributed by atoms with Crippen molar-refractivity contribution in [3.8, 4) is 0 Å². The van der Waals surface area contributed by atoms with Crippen molar-refractivity contribution in [3.63, 3.8) is 0 Å². The maximum atomic E-state index is 14.7. The van der Waals surface area contributed by atoms with Crippen LogP contribution in [0.3, 0.4) is 0 Å². The van der Waals surface area contributed by atoms with Gasteiger partial charge in [0.25, 0.3) is 0 Å². The molecule has 2 fully saturated rings. The molecule has 0 spiro atoms. The first-order chi connectivity index (χ1) is 10.2. The van der Waals surface area contributed by atoms with Crippen LogP contribution in [-0.4, -0.2) is 31.1 Å². The molecule has 1 atom stereocenters. The average molecular weight is 404 g/mol. The van der Waals surface area contributed by atoms with Crippen molar-refractivity contribution in [3.05, 3.63) is 33.6 Å². The van der Waals surface area contributed by atoms with Crippen molar-refractivity contribution in [1.29, 1.82) is 0 Å². The molecule has 1 saturated heterocycles. The molecule has 0 amide bonds. The molecule has 2 aliphatic rings. The van der Waals surface area contributed by atoms with Gasteiger partial charge in [0, 0.05) is 42.8 Å². The Morgan fingerprint density at radius 3 is 2.22 bits per heavy atom. The molecule has 23 heavy (non-hydrogen) atoms. The summed E-state index contributed by atoms with van der Waals surface area (Å²) in [6.45, 7) is 3.76. The number of halogens is 5. The summed E-state index contributed by atoms with van der Waals surface area (Å²) < 4.78 is 14.7. The smallest absolute Gasteiger partial charge is 0.148 e. The number of rotatable bonds is 3. The van der Waals surface area contributed by atoms with Gasteiger partial charge in [-0.05, 0) is 30.9 Å². The van der Waals surface area contributed by atoms with Crippen molar-refractivity contribution in [2.24, 2.45) is 5.92 Å². The number of piperazine rings is 1. The molecule has 0 unspecified atom stereocenters. The van der Waals surface area contributed by atoms with E-state index in [1.165, 1.54) is 12.8 Å². The van der Waals surface area contributed by atoms with Gasteiger partial charge in [-0.3, -0.25) is 4.90 Å². The van der Waals surface area contributed by atoms with E-state index in [-0.39, 0.29) is 41.7 Å². The molecule has 132 valence electrons. The SMILES string of the molecule is Cl.Cl.Fc1c(Cl)ccc(Cl)c1[C@@H](C1CCCC1)N1CCNCC1. The number of benzene rings is 1. The van der Waals surface area contributed by atoms with Crippen LogP contribution >= 0.6 is 48.0 Å². The van der Waals surface area contributed by atoms with Crippen LogP contribution in [0.2, 0.25) is 10.0 Å². The van der Waals surface area contributed by atoms with Crippen LogP contribution in [-0.2, 0) is 0 Å². The lowest BCUT2D eigenvalue weighted by atomic mass is 9.89. The van der Waals surface area contributed by atoms with E-state index in [2.05, 4.69) is 10.2 Å². The lowest BCUT2D eigenvalue weighted by molar-refractivity contribution is 0.122. The molecule has 7 heteroatoms. The van der Waals surface area contributed by atoms with E-state index in [4.69, 9.17) is 23.2 Å². The first kappa shape index (κ1) is 21.3. The fraction of sp³-hybridized carbons (Fsp3) is 0.625. The second-order valence-corrected chi connectivity index (χ2v) is 6.85. The van der Waals surface area contributed by atoms with Gasteiger partial charge < -0.3 is 5.32 Å². The van der Waals surface area contributed by atoms with E-state index in [1.54, 1.807) is 12.1 Å². The van der Waals surface area contributed by atoms with Crippen LogP contribution in [0.1, 0.15) is 37.3 Å². The molecular weight excluding hydrogens is 381 g/mol. The lowest BCUT2D eigenvalue weighted by Gasteiger charge is -2.39. The second kappa shape index (κ2) is 9.65. The molecule has 1 heterocycles. The third-order valence-electron chi connectivity index (χ3n) is 4.77. The molecule has 0 bridgehead atoms. The minimum Gasteiger partial charge on any atom is -0.314 e. The summed E-state index contributed by atoms with van der Waals surface area (Å²) in [5.41, 5.74) is 0.609. The minimum atomic E-state index is -0.334. The van der Waals surface area contributed by atoms with Crippen LogP contribution in [0.5, 0.6) is 0 Å². The Labute approximate surface area is 159 Å². The third-order valence-corrected chi connectivity index (χ3v) is 5.39. The minimum absolute atomic E-state index is 0. The highest BCUT2D eigenvalue weighted by molar-refractivity contribution is 6.33. The van der Waals surface area contributed by atoms with Crippen LogP contribution in [0, 0.1) is 11.7 Å². The summed E-state index contributed by atoms with van der Waals surface area (Å²) in [5, 5.41) is 4.04. The number of nitrogens with one attached hydrogen (secondary N) is 1. The Kier molecular flexibility index (Phi) is 8.92. The molecule has 1 saturated carbocycles. The lowest BCUT2D eigenvalue weighted by Crippen LogP contribution is -2.47. The molecule has 1 aliphatic heterocycles. The Morgan fingerprint density at radius 1 is 1.04 bits per heavy atom. The molecule has 3 rings (SSSR count). The van der Waals surface area contributed by atoms with Gasteiger partial charge in [0.1, 0.15) is 5.82 Å². The Morgan fingerprint density at radius 2 is 1.61 bits per heavy atom. The van der Waals surface area contributed by atoms with Crippen molar-refractivity contribution in [2.45, 2.75) is 31.7 Å². The monoisotopic (exact) mass is 402 g/mol. The van der Waals surface area contributed by atoms with Crippen molar-refractivity contribution >= 4 is 48.0 Å². The van der Waals surface area contributed by atoms with Crippen molar-refractivity contribution < 1.29 is 4.39 Å². The van der Waals surface area contributed by atoms with E-state index >= 15 is 0 Å². The van der Waals surface area contributed by atoms with Gasteiger partial charge in [0.15, 0.2) is 0 Å². The highest BCUT2D eigenvalue weighted by Crippen LogP contribution is 2.43. The van der Waals surface area contributed by atoms with E-state index in [1.807, 2.05) is 0 Å². The van der Waals surface area contributed by atoms with Crippen molar-refractivity contribution in [1.82, 2.24) is 10.2 Å². The zero-order chi connectivity index (χ0) is 14.8. The predicted octanol–water partition coefficient (Wildman–Crippen LogP) is 5.11. The van der Waals surface area contributed by atoms with E-state index in [0.717, 1.165) is 39.0 Å². The first-order valence-electron chi connectivity index (χ1n) is 7.76. The zero-order valence-electron chi connectivity index (χ0n) is 12.9. The number of hydrogen-bond donors (Lipinski definition) is 1. The quantitative estimate of drug-likeness (QED) is 0.705. The van der Waals surface area contributed by atoms with Crippen molar-refractivity contribution in [2.75, 3.05) is 26.2 Å². The Balaban J connectivity index is 0.00000132. The van der Waals surface area contributed by atoms with Gasteiger partial charge in [0.05, 0.1) is 5.02 Å². The molecule has 0 radical (unpaired) electrons. The summed E-state index contributed by atoms with van der Waals surface area (Å²) in [4.78, 5) is 2.38. The summed E-state index contributed by atoms with van der Waals surface area (Å²) in [5.74, 6) is 0.146. The van der Waals surface area contributed by atoms with Gasteiger partial charge in [0.2, 0.25) is 0 Å². The Hall–Kier alpha value is 0.230. The van der Waals surface area contributed by atoms with E-state index in [9.17, 15) is 4.39 Å². The molecule has 1 aliphatic carbocycles. The van der Waals surface area contributed by atoms with Crippen LogP contribution in [0.15, 0.2) is 12.1 Å². The zero-order valence-corrected chi connectivity index (χ0v) is 16.0. The number of hydrogen-bond acceptors (Lipinski definition) is 2. The maximum absolute atomic E-state index is 14.7. The fourth-order valence-electron chi connectivity index (χ4n) is 3.76. The van der Waals surface area contributed by atoms with Crippen LogP contribution < -0.4 is 5.32 Å². The molecule has 1 aromatic carbocycles. The highest BCUT2D eigenvalue weighted by atomic mass is 35.5. The van der Waals surface area contributed by atoms with E-state index < -0.39 is 0 Å². The van der Waals surface area contributed by atoms with Gasteiger partial charge in [-0.15, -0.1) is 24.8 Å². The summed E-state index contributed by atoms with van der Waals surface area (Å²) in [6, 6.07) is 3.33. The van der Waals surface area contributed by atoms with Gasteiger partial charge in [-0.1, -0.05) is 36.0 Å². The number of nitrogens with zero attached hydrogens (tertiary/aromatic N) is 1.